The quantitative estimate of drug-likeness (QED) is 0.600. The lowest BCUT2D eigenvalue weighted by atomic mass is 10.1. The van der Waals surface area contributed by atoms with Gasteiger partial charge in [-0.25, -0.2) is 4.79 Å². The van der Waals surface area contributed by atoms with E-state index in [4.69, 9.17) is 0 Å². The topological polar surface area (TPSA) is 58.6 Å². The third-order valence-electron chi connectivity index (χ3n) is 2.42. The highest BCUT2D eigenvalue weighted by molar-refractivity contribution is 5.75. The summed E-state index contributed by atoms with van der Waals surface area (Å²) in [5, 5.41) is 12.7. The van der Waals surface area contributed by atoms with E-state index in [9.17, 15) is 9.90 Å². The fourth-order valence-electron chi connectivity index (χ4n) is 1.61. The van der Waals surface area contributed by atoms with Crippen LogP contribution in [0.2, 0.25) is 0 Å². The first kappa shape index (κ1) is 10.5. The van der Waals surface area contributed by atoms with Gasteiger partial charge in [-0.2, -0.15) is 0 Å². The Labute approximate surface area is 78.3 Å². The van der Waals surface area contributed by atoms with E-state index >= 15 is 0 Å². The van der Waals surface area contributed by atoms with E-state index in [1.807, 2.05) is 0 Å². The number of ether oxygens (including phenoxy) is 1. The highest BCUT2D eigenvalue weighted by Gasteiger charge is 2.26. The number of rotatable bonds is 2. The molecule has 1 heterocycles. The Morgan fingerprint density at radius 1 is 1.54 bits per heavy atom. The molecule has 13 heavy (non-hydrogen) atoms. The average molecular weight is 187 g/mol. The number of aliphatic hydroxyl groups is 1. The summed E-state index contributed by atoms with van der Waals surface area (Å²) in [7, 11) is 1.29. The number of esters is 1. The third kappa shape index (κ3) is 2.97. The largest absolute Gasteiger partial charge is 0.467 e. The van der Waals surface area contributed by atoms with Crippen LogP contribution in [0.4, 0.5) is 0 Å². The Hall–Kier alpha value is -0.610. The van der Waals surface area contributed by atoms with Crippen LogP contribution in [0.1, 0.15) is 25.7 Å². The van der Waals surface area contributed by atoms with Gasteiger partial charge in [0.05, 0.1) is 7.11 Å². The van der Waals surface area contributed by atoms with Crippen molar-refractivity contribution >= 4 is 5.97 Å². The zero-order chi connectivity index (χ0) is 9.68. The first-order valence-corrected chi connectivity index (χ1v) is 4.75. The number of aliphatic hydroxyl groups excluding tert-OH is 1. The van der Waals surface area contributed by atoms with Crippen molar-refractivity contribution in [2.45, 2.75) is 37.8 Å². The average Bonchev–Trinajstić information content (AvgIpc) is 2.43. The minimum absolute atomic E-state index is 0.130. The van der Waals surface area contributed by atoms with Crippen LogP contribution >= 0.6 is 0 Å². The molecule has 4 nitrogen and oxygen atoms in total. The van der Waals surface area contributed by atoms with E-state index in [0.29, 0.717) is 0 Å². The zero-order valence-electron chi connectivity index (χ0n) is 7.95. The fourth-order valence-corrected chi connectivity index (χ4v) is 1.61. The van der Waals surface area contributed by atoms with Gasteiger partial charge in [0.25, 0.3) is 0 Å². The SMILES string of the molecule is COC(=O)C(O)C1CCCCCN1. The molecule has 0 bridgehead atoms. The van der Waals surface area contributed by atoms with E-state index in [1.54, 1.807) is 0 Å². The summed E-state index contributed by atoms with van der Waals surface area (Å²) in [5.74, 6) is -0.542. The van der Waals surface area contributed by atoms with Crippen molar-refractivity contribution in [3.8, 4) is 0 Å². The summed E-state index contributed by atoms with van der Waals surface area (Å²) >= 11 is 0. The van der Waals surface area contributed by atoms with Gasteiger partial charge in [-0.1, -0.05) is 12.8 Å². The number of nitrogens with one attached hydrogen (secondary N) is 1. The molecule has 1 aliphatic heterocycles. The van der Waals surface area contributed by atoms with Crippen LogP contribution in [0.25, 0.3) is 0 Å². The maximum Gasteiger partial charge on any atom is 0.336 e. The number of hydrogen-bond acceptors (Lipinski definition) is 4. The predicted octanol–water partition coefficient (Wildman–Crippen LogP) is 0.0525. The Balaban J connectivity index is 2.43. The smallest absolute Gasteiger partial charge is 0.336 e. The van der Waals surface area contributed by atoms with E-state index in [-0.39, 0.29) is 6.04 Å². The Morgan fingerprint density at radius 2 is 2.31 bits per heavy atom. The van der Waals surface area contributed by atoms with Crippen molar-refractivity contribution in [3.05, 3.63) is 0 Å². The fraction of sp³-hybridized carbons (Fsp3) is 0.889. The number of carbonyl (C=O) groups excluding carboxylic acids is 1. The van der Waals surface area contributed by atoms with Crippen LogP contribution in [0.15, 0.2) is 0 Å². The predicted molar refractivity (Wildman–Crippen MR) is 48.3 cm³/mol. The van der Waals surface area contributed by atoms with Gasteiger partial charge in [0.1, 0.15) is 0 Å². The van der Waals surface area contributed by atoms with E-state index in [1.165, 1.54) is 7.11 Å². The molecular formula is C9H17NO3. The molecule has 1 rings (SSSR count). The monoisotopic (exact) mass is 187 g/mol. The molecule has 0 aromatic carbocycles. The van der Waals surface area contributed by atoms with Crippen molar-refractivity contribution in [1.29, 1.82) is 0 Å². The van der Waals surface area contributed by atoms with Crippen molar-refractivity contribution < 1.29 is 14.6 Å². The van der Waals surface area contributed by atoms with Crippen LogP contribution in [-0.4, -0.2) is 36.9 Å². The standard InChI is InChI=1S/C9H17NO3/c1-13-9(12)8(11)7-5-3-2-4-6-10-7/h7-8,10-11H,2-6H2,1H3. The minimum Gasteiger partial charge on any atom is -0.467 e. The Bertz CT molecular complexity index is 164. The summed E-state index contributed by atoms with van der Waals surface area (Å²) in [5.41, 5.74) is 0. The zero-order valence-corrected chi connectivity index (χ0v) is 7.95. The van der Waals surface area contributed by atoms with E-state index in [2.05, 4.69) is 10.1 Å². The number of methoxy groups -OCH3 is 1. The third-order valence-corrected chi connectivity index (χ3v) is 2.42. The van der Waals surface area contributed by atoms with Gasteiger partial charge < -0.3 is 15.2 Å². The summed E-state index contributed by atoms with van der Waals surface area (Å²) in [6, 6.07) is -0.130. The first-order valence-electron chi connectivity index (χ1n) is 4.75. The lowest BCUT2D eigenvalue weighted by Gasteiger charge is -2.19. The molecule has 2 N–H and O–H groups in total. The molecule has 0 aromatic rings. The summed E-state index contributed by atoms with van der Waals surface area (Å²) in [6.07, 6.45) is 3.17. The van der Waals surface area contributed by atoms with Gasteiger partial charge in [-0.05, 0) is 19.4 Å². The molecule has 0 saturated carbocycles. The second kappa shape index (κ2) is 5.19. The molecule has 4 heteroatoms. The molecular weight excluding hydrogens is 170 g/mol. The van der Waals surface area contributed by atoms with E-state index in [0.717, 1.165) is 32.2 Å². The lowest BCUT2D eigenvalue weighted by molar-refractivity contribution is -0.152. The van der Waals surface area contributed by atoms with Crippen LogP contribution in [0.3, 0.4) is 0 Å². The second-order valence-electron chi connectivity index (χ2n) is 3.38. The van der Waals surface area contributed by atoms with E-state index < -0.39 is 12.1 Å². The van der Waals surface area contributed by atoms with Crippen LogP contribution < -0.4 is 5.32 Å². The van der Waals surface area contributed by atoms with Gasteiger partial charge in [-0.3, -0.25) is 0 Å². The molecule has 0 amide bonds. The molecule has 0 aliphatic carbocycles. The van der Waals surface area contributed by atoms with Crippen LogP contribution in [-0.2, 0) is 9.53 Å². The van der Waals surface area contributed by atoms with Gasteiger partial charge in [0.2, 0.25) is 0 Å². The molecule has 1 saturated heterocycles. The van der Waals surface area contributed by atoms with Crippen LogP contribution in [0.5, 0.6) is 0 Å². The van der Waals surface area contributed by atoms with Crippen molar-refractivity contribution in [3.63, 3.8) is 0 Å². The second-order valence-corrected chi connectivity index (χ2v) is 3.38. The minimum atomic E-state index is -1.01. The van der Waals surface area contributed by atoms with Crippen molar-refractivity contribution in [1.82, 2.24) is 5.32 Å². The summed E-state index contributed by atoms with van der Waals surface area (Å²) < 4.78 is 4.48. The Morgan fingerprint density at radius 3 is 3.00 bits per heavy atom. The van der Waals surface area contributed by atoms with Crippen molar-refractivity contribution in [2.75, 3.05) is 13.7 Å². The molecule has 0 spiro atoms. The molecule has 2 atom stereocenters. The normalized spacial score (nSPS) is 26.2. The Kier molecular flexibility index (Phi) is 4.18. The van der Waals surface area contributed by atoms with Gasteiger partial charge in [0.15, 0.2) is 6.10 Å². The maximum atomic E-state index is 11.0. The molecule has 2 unspecified atom stereocenters. The molecule has 76 valence electrons. The summed E-state index contributed by atoms with van der Waals surface area (Å²) in [6.45, 7) is 0.874. The molecule has 1 fully saturated rings. The lowest BCUT2D eigenvalue weighted by Crippen LogP contribution is -2.44. The van der Waals surface area contributed by atoms with Gasteiger partial charge in [0, 0.05) is 6.04 Å². The van der Waals surface area contributed by atoms with Gasteiger partial charge in [-0.15, -0.1) is 0 Å². The van der Waals surface area contributed by atoms with Crippen LogP contribution in [0, 0.1) is 0 Å². The van der Waals surface area contributed by atoms with Crippen molar-refractivity contribution in [2.24, 2.45) is 0 Å². The maximum absolute atomic E-state index is 11.0. The molecule has 1 aliphatic rings. The highest BCUT2D eigenvalue weighted by atomic mass is 16.5. The highest BCUT2D eigenvalue weighted by Crippen LogP contribution is 2.11. The van der Waals surface area contributed by atoms with Gasteiger partial charge >= 0.3 is 5.97 Å². The number of hydrogen-bond donors (Lipinski definition) is 2. The molecule has 0 radical (unpaired) electrons. The first-order chi connectivity index (χ1) is 6.25. The summed E-state index contributed by atoms with van der Waals surface area (Å²) in [4.78, 5) is 11.0. The molecule has 0 aromatic heterocycles. The number of carbonyl (C=O) groups is 1.